The number of aromatic nitrogens is 2. The minimum Gasteiger partial charge on any atom is -0.332 e. The molecule has 170 valence electrons. The molecule has 33 heavy (non-hydrogen) atoms. The summed E-state index contributed by atoms with van der Waals surface area (Å²) in [6, 6.07) is 15.3. The molecule has 6 nitrogen and oxygen atoms in total. The Kier molecular flexibility index (Phi) is 6.54. The molecule has 2 aromatic carbocycles. The number of nitrogens with one attached hydrogen (secondary N) is 1. The normalized spacial score (nSPS) is 11.1. The lowest BCUT2D eigenvalue weighted by Gasteiger charge is -2.17. The Balaban J connectivity index is 1.50. The van der Waals surface area contributed by atoms with Gasteiger partial charge in [-0.15, -0.1) is 11.3 Å². The van der Waals surface area contributed by atoms with Crippen LogP contribution >= 0.6 is 22.9 Å². The molecule has 0 spiro atoms. The number of aryl methyl sites for hydroxylation is 2. The van der Waals surface area contributed by atoms with Crippen molar-refractivity contribution in [3.8, 4) is 0 Å². The Morgan fingerprint density at radius 2 is 1.88 bits per heavy atom. The zero-order chi connectivity index (χ0) is 23.7. The molecule has 2 heterocycles. The average Bonchev–Trinajstić information content (AvgIpc) is 3.33. The fourth-order valence-corrected chi connectivity index (χ4v) is 5.02. The maximum atomic E-state index is 13.1. The van der Waals surface area contributed by atoms with Gasteiger partial charge in [0.15, 0.2) is 0 Å². The molecule has 0 aliphatic carbocycles. The number of rotatable bonds is 6. The van der Waals surface area contributed by atoms with E-state index < -0.39 is 0 Å². The van der Waals surface area contributed by atoms with Gasteiger partial charge in [0.25, 0.3) is 5.91 Å². The van der Waals surface area contributed by atoms with Crippen LogP contribution in [0.1, 0.15) is 32.1 Å². The van der Waals surface area contributed by atoms with E-state index in [1.165, 1.54) is 16.2 Å². The largest absolute Gasteiger partial charge is 0.332 e. The molecule has 0 unspecified atom stereocenters. The van der Waals surface area contributed by atoms with Crippen molar-refractivity contribution in [2.24, 2.45) is 0 Å². The Morgan fingerprint density at radius 3 is 2.64 bits per heavy atom. The van der Waals surface area contributed by atoms with Crippen molar-refractivity contribution in [3.05, 3.63) is 80.8 Å². The zero-order valence-corrected chi connectivity index (χ0v) is 20.5. The molecule has 8 heteroatoms. The number of likely N-dealkylation sites (N-methyl/N-ethyl adjacent to an activating group) is 1. The minimum absolute atomic E-state index is 0.0365. The van der Waals surface area contributed by atoms with Crippen LogP contribution in [-0.4, -0.2) is 40.1 Å². The number of benzene rings is 2. The summed E-state index contributed by atoms with van der Waals surface area (Å²) in [7, 11) is 1.64. The second-order valence-electron chi connectivity index (χ2n) is 8.12. The number of amides is 2. The maximum Gasteiger partial charge on any atom is 0.264 e. The van der Waals surface area contributed by atoms with Gasteiger partial charge >= 0.3 is 0 Å². The Bertz CT molecular complexity index is 1360. The highest BCUT2D eigenvalue weighted by molar-refractivity contribution is 7.20. The van der Waals surface area contributed by atoms with E-state index in [2.05, 4.69) is 10.4 Å². The highest BCUT2D eigenvalue weighted by Gasteiger charge is 2.21. The molecular formula is C25H25ClN4O2S. The van der Waals surface area contributed by atoms with Gasteiger partial charge in [0.2, 0.25) is 5.91 Å². The number of fused-ring (bicyclic) bond motifs is 1. The number of carbonyl (C=O) groups excluding carboxylic acids is 2. The van der Waals surface area contributed by atoms with Crippen LogP contribution in [-0.2, 0) is 11.3 Å². The lowest BCUT2D eigenvalue weighted by Crippen LogP contribution is -2.34. The Labute approximate surface area is 201 Å². The van der Waals surface area contributed by atoms with Crippen LogP contribution in [0.4, 0.5) is 5.69 Å². The summed E-state index contributed by atoms with van der Waals surface area (Å²) in [5.41, 5.74) is 4.69. The number of hydrogen-bond donors (Lipinski definition) is 1. The van der Waals surface area contributed by atoms with E-state index in [1.54, 1.807) is 7.05 Å². The van der Waals surface area contributed by atoms with Crippen molar-refractivity contribution in [3.63, 3.8) is 0 Å². The van der Waals surface area contributed by atoms with Crippen LogP contribution in [0.5, 0.6) is 0 Å². The van der Waals surface area contributed by atoms with Crippen molar-refractivity contribution in [2.45, 2.75) is 27.3 Å². The zero-order valence-electron chi connectivity index (χ0n) is 19.0. The smallest absolute Gasteiger partial charge is 0.264 e. The molecule has 0 saturated carbocycles. The van der Waals surface area contributed by atoms with E-state index >= 15 is 0 Å². The van der Waals surface area contributed by atoms with Crippen molar-refractivity contribution >= 4 is 50.7 Å². The van der Waals surface area contributed by atoms with Crippen molar-refractivity contribution in [1.29, 1.82) is 0 Å². The van der Waals surface area contributed by atoms with Crippen LogP contribution in [0, 0.1) is 20.8 Å². The number of nitrogens with zero attached hydrogens (tertiary/aromatic N) is 3. The van der Waals surface area contributed by atoms with E-state index in [0.717, 1.165) is 38.3 Å². The van der Waals surface area contributed by atoms with Crippen molar-refractivity contribution in [1.82, 2.24) is 14.7 Å². The summed E-state index contributed by atoms with van der Waals surface area (Å²) < 4.78 is 1.88. The van der Waals surface area contributed by atoms with Crippen LogP contribution < -0.4 is 5.32 Å². The topological polar surface area (TPSA) is 67.2 Å². The fourth-order valence-electron chi connectivity index (χ4n) is 3.66. The molecule has 2 amide bonds. The summed E-state index contributed by atoms with van der Waals surface area (Å²) in [6.07, 6.45) is 0. The number of hydrogen-bond acceptors (Lipinski definition) is 4. The third-order valence-electron chi connectivity index (χ3n) is 5.70. The van der Waals surface area contributed by atoms with Crippen molar-refractivity contribution in [2.75, 3.05) is 18.9 Å². The SMILES string of the molecule is Cc1cccc(NC(=O)CN(C)C(=O)c2cc3c(C)nn(Cc4ccccc4Cl)c3s2)c1C. The van der Waals surface area contributed by atoms with Gasteiger partial charge in [-0.05, 0) is 55.7 Å². The van der Waals surface area contributed by atoms with Crippen molar-refractivity contribution < 1.29 is 9.59 Å². The molecule has 0 bridgehead atoms. The predicted octanol–water partition coefficient (Wildman–Crippen LogP) is 5.44. The maximum absolute atomic E-state index is 13.1. The second-order valence-corrected chi connectivity index (χ2v) is 9.56. The van der Waals surface area contributed by atoms with E-state index in [4.69, 9.17) is 11.6 Å². The van der Waals surface area contributed by atoms with Gasteiger partial charge in [0.1, 0.15) is 4.83 Å². The number of halogens is 1. The summed E-state index contributed by atoms with van der Waals surface area (Å²) in [5.74, 6) is -0.433. The van der Waals surface area contributed by atoms with Crippen LogP contribution in [0.2, 0.25) is 5.02 Å². The van der Waals surface area contributed by atoms with Crippen LogP contribution in [0.3, 0.4) is 0 Å². The van der Waals surface area contributed by atoms with Crippen LogP contribution in [0.25, 0.3) is 10.2 Å². The molecule has 0 radical (unpaired) electrons. The summed E-state index contributed by atoms with van der Waals surface area (Å²) in [6.45, 7) is 6.37. The first-order chi connectivity index (χ1) is 15.7. The molecule has 0 saturated heterocycles. The molecule has 4 rings (SSSR count). The molecule has 0 atom stereocenters. The van der Waals surface area contributed by atoms with E-state index in [1.807, 2.05) is 74.0 Å². The van der Waals surface area contributed by atoms with Gasteiger partial charge in [-0.1, -0.05) is 41.9 Å². The third kappa shape index (κ3) is 4.79. The van der Waals surface area contributed by atoms with Gasteiger partial charge in [-0.2, -0.15) is 5.10 Å². The van der Waals surface area contributed by atoms with Gasteiger partial charge in [-0.25, -0.2) is 0 Å². The number of thiophene rings is 1. The second kappa shape index (κ2) is 9.37. The monoisotopic (exact) mass is 480 g/mol. The summed E-state index contributed by atoms with van der Waals surface area (Å²) in [4.78, 5) is 28.5. The lowest BCUT2D eigenvalue weighted by atomic mass is 10.1. The van der Waals surface area contributed by atoms with Crippen LogP contribution in [0.15, 0.2) is 48.5 Å². The standard InChI is InChI=1S/C25H25ClN4O2S/c1-15-8-7-11-21(16(15)2)27-23(31)14-29(4)24(32)22-12-19-17(3)28-30(25(19)33-22)13-18-9-5-6-10-20(18)26/h5-12H,13-14H2,1-4H3,(H,27,31). The van der Waals surface area contributed by atoms with Gasteiger partial charge in [0.05, 0.1) is 23.7 Å². The molecule has 0 aliphatic heterocycles. The lowest BCUT2D eigenvalue weighted by molar-refractivity contribution is -0.116. The molecule has 4 aromatic rings. The first-order valence-corrected chi connectivity index (χ1v) is 11.8. The first kappa shape index (κ1) is 23.0. The van der Waals surface area contributed by atoms with E-state index in [-0.39, 0.29) is 18.4 Å². The van der Waals surface area contributed by atoms with E-state index in [9.17, 15) is 9.59 Å². The molecule has 1 N–H and O–H groups in total. The summed E-state index contributed by atoms with van der Waals surface area (Å²) in [5, 5.41) is 9.14. The number of anilines is 1. The fraction of sp³-hybridized carbons (Fsp3) is 0.240. The van der Waals surface area contributed by atoms with Gasteiger partial charge in [0, 0.05) is 23.1 Å². The molecule has 2 aromatic heterocycles. The Hall–Kier alpha value is -3.16. The predicted molar refractivity (Wildman–Crippen MR) is 134 cm³/mol. The van der Waals surface area contributed by atoms with Gasteiger partial charge < -0.3 is 10.2 Å². The molecular weight excluding hydrogens is 456 g/mol. The minimum atomic E-state index is -0.235. The molecule has 0 aliphatic rings. The molecule has 0 fully saturated rings. The van der Waals surface area contributed by atoms with E-state index in [0.29, 0.717) is 16.4 Å². The highest BCUT2D eigenvalue weighted by atomic mass is 35.5. The highest BCUT2D eigenvalue weighted by Crippen LogP contribution is 2.30. The third-order valence-corrected chi connectivity index (χ3v) is 7.21. The number of carbonyl (C=O) groups is 2. The van der Waals surface area contributed by atoms with Gasteiger partial charge in [-0.3, -0.25) is 14.3 Å². The first-order valence-electron chi connectivity index (χ1n) is 10.6. The Morgan fingerprint density at radius 1 is 1.12 bits per heavy atom. The summed E-state index contributed by atoms with van der Waals surface area (Å²) >= 11 is 7.69. The average molecular weight is 481 g/mol. The quantitative estimate of drug-likeness (QED) is 0.400.